The fraction of sp³-hybridized carbons (Fsp3) is 0.500. The normalized spacial score (nSPS) is 27.4. The van der Waals surface area contributed by atoms with Gasteiger partial charge in [-0.1, -0.05) is 50.5 Å². The number of nitrogens with two attached hydrogens (primary N) is 1. The number of rotatable bonds is 2. The maximum Gasteiger partial charge on any atom is 0.0752 e. The Bertz CT molecular complexity index is 587. The third kappa shape index (κ3) is 2.45. The molecule has 0 spiro atoms. The van der Waals surface area contributed by atoms with E-state index in [0.29, 0.717) is 0 Å². The maximum absolute atomic E-state index is 6.82. The van der Waals surface area contributed by atoms with Gasteiger partial charge in [-0.15, -0.1) is 0 Å². The van der Waals surface area contributed by atoms with E-state index in [1.807, 2.05) is 12.3 Å². The lowest BCUT2D eigenvalue weighted by atomic mass is 9.82. The molecule has 0 aliphatic heterocycles. The van der Waals surface area contributed by atoms with E-state index in [2.05, 4.69) is 36.2 Å². The summed E-state index contributed by atoms with van der Waals surface area (Å²) in [6.45, 7) is 2.30. The van der Waals surface area contributed by atoms with Gasteiger partial charge in [0.1, 0.15) is 0 Å². The summed E-state index contributed by atoms with van der Waals surface area (Å²) in [5.41, 5.74) is 8.96. The first-order valence-corrected chi connectivity index (χ1v) is 7.86. The fourth-order valence-corrected chi connectivity index (χ4v) is 3.62. The van der Waals surface area contributed by atoms with Crippen molar-refractivity contribution in [1.82, 2.24) is 4.98 Å². The number of hydrogen-bond donors (Lipinski definition) is 1. The van der Waals surface area contributed by atoms with Crippen LogP contribution in [0.25, 0.3) is 10.9 Å². The number of aromatic nitrogens is 1. The molecule has 0 radical (unpaired) electrons. The topological polar surface area (TPSA) is 38.9 Å². The first-order valence-electron chi connectivity index (χ1n) is 7.86. The molecule has 1 heterocycles. The van der Waals surface area contributed by atoms with Crippen LogP contribution < -0.4 is 5.73 Å². The fourth-order valence-electron chi connectivity index (χ4n) is 3.62. The van der Waals surface area contributed by atoms with Crippen LogP contribution in [-0.2, 0) is 5.54 Å². The van der Waals surface area contributed by atoms with Gasteiger partial charge in [0.25, 0.3) is 0 Å². The van der Waals surface area contributed by atoms with E-state index in [0.717, 1.165) is 24.3 Å². The molecule has 2 atom stereocenters. The Labute approximate surface area is 121 Å². The van der Waals surface area contributed by atoms with Crippen molar-refractivity contribution in [3.63, 3.8) is 0 Å². The zero-order chi connectivity index (χ0) is 14.0. The molecule has 3 rings (SSSR count). The Hall–Kier alpha value is -1.41. The molecule has 2 nitrogen and oxygen atoms in total. The van der Waals surface area contributed by atoms with E-state index in [1.54, 1.807) is 0 Å². The third-order valence-corrected chi connectivity index (χ3v) is 4.98. The standard InChI is InChI=1S/C18H24N2/c1-2-14-6-4-11-18(19,12-10-14)16-9-3-7-15-8-5-13-20-17(15)16/h3,5,7-9,13-14H,2,4,6,10-12,19H2,1H3. The van der Waals surface area contributed by atoms with Crippen molar-refractivity contribution in [3.05, 3.63) is 42.1 Å². The van der Waals surface area contributed by atoms with Crippen molar-refractivity contribution in [1.29, 1.82) is 0 Å². The molecule has 1 aromatic heterocycles. The van der Waals surface area contributed by atoms with Crippen LogP contribution in [0.4, 0.5) is 0 Å². The molecule has 1 aliphatic rings. The highest BCUT2D eigenvalue weighted by molar-refractivity contribution is 5.82. The smallest absolute Gasteiger partial charge is 0.0752 e. The lowest BCUT2D eigenvalue weighted by Crippen LogP contribution is -2.36. The number of fused-ring (bicyclic) bond motifs is 1. The van der Waals surface area contributed by atoms with Gasteiger partial charge in [-0.25, -0.2) is 0 Å². The lowest BCUT2D eigenvalue weighted by Gasteiger charge is -2.29. The van der Waals surface area contributed by atoms with Gasteiger partial charge < -0.3 is 5.73 Å². The monoisotopic (exact) mass is 268 g/mol. The number of hydrogen-bond acceptors (Lipinski definition) is 2. The molecule has 2 heteroatoms. The van der Waals surface area contributed by atoms with Crippen LogP contribution in [0.3, 0.4) is 0 Å². The lowest BCUT2D eigenvalue weighted by molar-refractivity contribution is 0.374. The predicted octanol–water partition coefficient (Wildman–Crippen LogP) is 4.38. The quantitative estimate of drug-likeness (QED) is 0.821. The molecular weight excluding hydrogens is 244 g/mol. The third-order valence-electron chi connectivity index (χ3n) is 4.98. The van der Waals surface area contributed by atoms with Gasteiger partial charge in [0.15, 0.2) is 0 Å². The zero-order valence-corrected chi connectivity index (χ0v) is 12.3. The second-order valence-electron chi connectivity index (χ2n) is 6.24. The van der Waals surface area contributed by atoms with Crippen LogP contribution in [0.15, 0.2) is 36.5 Å². The van der Waals surface area contributed by atoms with Gasteiger partial charge in [0.05, 0.1) is 5.52 Å². The molecular formula is C18H24N2. The molecule has 1 aliphatic carbocycles. The Morgan fingerprint density at radius 2 is 2.05 bits per heavy atom. The summed E-state index contributed by atoms with van der Waals surface area (Å²) in [7, 11) is 0. The van der Waals surface area contributed by atoms with E-state index >= 15 is 0 Å². The summed E-state index contributed by atoms with van der Waals surface area (Å²) in [6.07, 6.45) is 9.13. The van der Waals surface area contributed by atoms with E-state index in [-0.39, 0.29) is 5.54 Å². The largest absolute Gasteiger partial charge is 0.321 e. The summed E-state index contributed by atoms with van der Waals surface area (Å²) >= 11 is 0. The molecule has 2 unspecified atom stereocenters. The van der Waals surface area contributed by atoms with Crippen molar-refractivity contribution in [2.45, 2.75) is 51.0 Å². The van der Waals surface area contributed by atoms with Crippen LogP contribution in [-0.4, -0.2) is 4.98 Å². The highest BCUT2D eigenvalue weighted by Crippen LogP contribution is 2.38. The van der Waals surface area contributed by atoms with Crippen LogP contribution in [0.5, 0.6) is 0 Å². The average Bonchev–Trinajstić information content (AvgIpc) is 2.69. The van der Waals surface area contributed by atoms with Gasteiger partial charge in [-0.05, 0) is 36.8 Å². The summed E-state index contributed by atoms with van der Waals surface area (Å²) in [6, 6.07) is 10.6. The van der Waals surface area contributed by atoms with Crippen LogP contribution in [0.2, 0.25) is 0 Å². The summed E-state index contributed by atoms with van der Waals surface area (Å²) in [5.74, 6) is 0.850. The Morgan fingerprint density at radius 1 is 1.20 bits per heavy atom. The molecule has 0 amide bonds. The number of para-hydroxylation sites is 1. The van der Waals surface area contributed by atoms with Gasteiger partial charge in [-0.3, -0.25) is 4.98 Å². The van der Waals surface area contributed by atoms with Crippen molar-refractivity contribution >= 4 is 10.9 Å². The molecule has 106 valence electrons. The number of nitrogens with zero attached hydrogens (tertiary/aromatic N) is 1. The molecule has 20 heavy (non-hydrogen) atoms. The van der Waals surface area contributed by atoms with E-state index in [1.165, 1.54) is 36.6 Å². The Kier molecular flexibility index (Phi) is 3.75. The SMILES string of the molecule is CCC1CCCC(N)(c2cccc3cccnc23)CC1. The van der Waals surface area contributed by atoms with Gasteiger partial charge in [-0.2, -0.15) is 0 Å². The molecule has 1 fully saturated rings. The van der Waals surface area contributed by atoms with Crippen molar-refractivity contribution in [2.24, 2.45) is 11.7 Å². The maximum atomic E-state index is 6.82. The summed E-state index contributed by atoms with van der Waals surface area (Å²) in [5, 5.41) is 1.20. The molecule has 1 aromatic carbocycles. The van der Waals surface area contributed by atoms with Gasteiger partial charge in [0, 0.05) is 17.1 Å². The second-order valence-corrected chi connectivity index (χ2v) is 6.24. The van der Waals surface area contributed by atoms with Gasteiger partial charge in [0.2, 0.25) is 0 Å². The second kappa shape index (κ2) is 5.53. The van der Waals surface area contributed by atoms with E-state index in [9.17, 15) is 0 Å². The predicted molar refractivity (Wildman–Crippen MR) is 84.5 cm³/mol. The first-order chi connectivity index (χ1) is 9.73. The Morgan fingerprint density at radius 3 is 2.90 bits per heavy atom. The minimum Gasteiger partial charge on any atom is -0.321 e. The van der Waals surface area contributed by atoms with Crippen LogP contribution in [0, 0.1) is 5.92 Å². The van der Waals surface area contributed by atoms with E-state index in [4.69, 9.17) is 5.73 Å². The highest BCUT2D eigenvalue weighted by Gasteiger charge is 2.32. The van der Waals surface area contributed by atoms with E-state index < -0.39 is 0 Å². The molecule has 0 saturated heterocycles. The molecule has 2 N–H and O–H groups in total. The minimum atomic E-state index is -0.197. The number of pyridine rings is 1. The molecule has 1 saturated carbocycles. The summed E-state index contributed by atoms with van der Waals surface area (Å²) in [4.78, 5) is 4.59. The summed E-state index contributed by atoms with van der Waals surface area (Å²) < 4.78 is 0. The van der Waals surface area contributed by atoms with Crippen molar-refractivity contribution in [3.8, 4) is 0 Å². The Balaban J connectivity index is 2.01. The number of benzene rings is 1. The van der Waals surface area contributed by atoms with Crippen molar-refractivity contribution in [2.75, 3.05) is 0 Å². The van der Waals surface area contributed by atoms with Crippen molar-refractivity contribution < 1.29 is 0 Å². The van der Waals surface area contributed by atoms with Crippen LogP contribution >= 0.6 is 0 Å². The first kappa shape index (κ1) is 13.6. The zero-order valence-electron chi connectivity index (χ0n) is 12.3. The van der Waals surface area contributed by atoms with Crippen LogP contribution in [0.1, 0.15) is 51.0 Å². The highest BCUT2D eigenvalue weighted by atomic mass is 14.8. The van der Waals surface area contributed by atoms with Gasteiger partial charge >= 0.3 is 0 Å². The molecule has 2 aromatic rings. The minimum absolute atomic E-state index is 0.197. The average molecular weight is 268 g/mol. The molecule has 0 bridgehead atoms.